The maximum atomic E-state index is 10.9. The summed E-state index contributed by atoms with van der Waals surface area (Å²) in [4.78, 5) is 10.9. The quantitative estimate of drug-likeness (QED) is 0.485. The number of hydrogen-bond donors (Lipinski definition) is 1. The lowest BCUT2D eigenvalue weighted by molar-refractivity contribution is -0.136. The Balaban J connectivity index is 2.34. The number of hydrogen-bond acceptors (Lipinski definition) is 3. The summed E-state index contributed by atoms with van der Waals surface area (Å²) in [6.45, 7) is 4.21. The van der Waals surface area contributed by atoms with Gasteiger partial charge in [0.1, 0.15) is 11.5 Å². The molecule has 0 heterocycles. The van der Waals surface area contributed by atoms with Gasteiger partial charge in [0.15, 0.2) is 5.75 Å². The van der Waals surface area contributed by atoms with Gasteiger partial charge < -0.3 is 14.6 Å². The van der Waals surface area contributed by atoms with Crippen LogP contribution in [0.25, 0.3) is 0 Å². The van der Waals surface area contributed by atoms with Crippen LogP contribution in [-0.4, -0.2) is 18.2 Å². The normalized spacial score (nSPS) is 10.8. The smallest absolute Gasteiger partial charge is 0.307 e. The van der Waals surface area contributed by atoms with E-state index in [9.17, 15) is 4.79 Å². The van der Waals surface area contributed by atoms with Crippen molar-refractivity contribution in [2.45, 2.75) is 26.2 Å². The minimum atomic E-state index is -0.841. The maximum absolute atomic E-state index is 10.9. The van der Waals surface area contributed by atoms with E-state index in [0.29, 0.717) is 5.92 Å². The largest absolute Gasteiger partial charge is 0.496 e. The zero-order valence-electron chi connectivity index (χ0n) is 13.6. The predicted molar refractivity (Wildman–Crippen MR) is 110 cm³/mol. The Hall–Kier alpha value is -1.03. The highest BCUT2D eigenvalue weighted by molar-refractivity contribution is 14.1. The molecule has 0 aliphatic carbocycles. The number of benzene rings is 2. The lowest BCUT2D eigenvalue weighted by Gasteiger charge is -2.16. The molecule has 0 aromatic heterocycles. The molecule has 1 N–H and O–H groups in total. The number of rotatable bonds is 6. The summed E-state index contributed by atoms with van der Waals surface area (Å²) in [5.74, 6) is 1.80. The molecule has 0 aliphatic rings. The van der Waals surface area contributed by atoms with Crippen LogP contribution >= 0.6 is 45.2 Å². The molecule has 128 valence electrons. The molecule has 4 nitrogen and oxygen atoms in total. The van der Waals surface area contributed by atoms with Crippen molar-refractivity contribution in [2.75, 3.05) is 7.11 Å². The molecular weight excluding hydrogens is 534 g/mol. The van der Waals surface area contributed by atoms with Crippen LogP contribution < -0.4 is 9.47 Å². The molecule has 24 heavy (non-hydrogen) atoms. The van der Waals surface area contributed by atoms with Gasteiger partial charge >= 0.3 is 5.97 Å². The average molecular weight is 552 g/mol. The zero-order valence-corrected chi connectivity index (χ0v) is 17.9. The summed E-state index contributed by atoms with van der Waals surface area (Å²) in [6.07, 6.45) is 0.00627. The Morgan fingerprint density at radius 1 is 1.17 bits per heavy atom. The van der Waals surface area contributed by atoms with Crippen LogP contribution in [0.3, 0.4) is 0 Å². The van der Waals surface area contributed by atoms with Crippen LogP contribution in [0.2, 0.25) is 0 Å². The highest BCUT2D eigenvalue weighted by Gasteiger charge is 2.14. The average Bonchev–Trinajstić information content (AvgIpc) is 2.50. The Bertz CT molecular complexity index is 734. The number of carboxylic acids is 1. The van der Waals surface area contributed by atoms with Gasteiger partial charge in [-0.15, -0.1) is 0 Å². The standard InChI is InChI=1S/C18H18I2O4/c1-10(2)13-9-12(4-5-16(13)23-3)24-18-14(19)6-11(7-15(18)20)8-17(21)22/h4-7,9-10H,8H2,1-3H3,(H,21,22). The van der Waals surface area contributed by atoms with Gasteiger partial charge in [-0.25, -0.2) is 0 Å². The first-order chi connectivity index (χ1) is 11.3. The molecule has 0 amide bonds. The molecule has 2 aromatic carbocycles. The van der Waals surface area contributed by atoms with Crippen molar-refractivity contribution < 1.29 is 19.4 Å². The van der Waals surface area contributed by atoms with Crippen molar-refractivity contribution in [1.29, 1.82) is 0 Å². The van der Waals surface area contributed by atoms with Crippen molar-refractivity contribution in [2.24, 2.45) is 0 Å². The maximum Gasteiger partial charge on any atom is 0.307 e. The predicted octanol–water partition coefficient (Wildman–Crippen LogP) is 5.45. The summed E-state index contributed by atoms with van der Waals surface area (Å²) in [5.41, 5.74) is 1.85. The van der Waals surface area contributed by atoms with Gasteiger partial charge in [-0.2, -0.15) is 0 Å². The van der Waals surface area contributed by atoms with Crippen LogP contribution in [0.15, 0.2) is 30.3 Å². The van der Waals surface area contributed by atoms with Gasteiger partial charge in [-0.3, -0.25) is 4.79 Å². The molecule has 0 unspecified atom stereocenters. The van der Waals surface area contributed by atoms with Crippen LogP contribution in [0.1, 0.15) is 30.9 Å². The highest BCUT2D eigenvalue weighted by Crippen LogP contribution is 2.36. The molecule has 0 spiro atoms. The molecule has 6 heteroatoms. The summed E-state index contributed by atoms with van der Waals surface area (Å²) in [5, 5.41) is 8.94. The molecular formula is C18H18I2O4. The number of methoxy groups -OCH3 is 1. The number of carboxylic acid groups (broad SMARTS) is 1. The van der Waals surface area contributed by atoms with E-state index in [0.717, 1.165) is 35.5 Å². The fourth-order valence-electron chi connectivity index (χ4n) is 2.33. The molecule has 2 aromatic rings. The molecule has 0 radical (unpaired) electrons. The van der Waals surface area contributed by atoms with Crippen LogP contribution in [0.4, 0.5) is 0 Å². The van der Waals surface area contributed by atoms with Gasteiger partial charge in [0.05, 0.1) is 20.7 Å². The van der Waals surface area contributed by atoms with Crippen LogP contribution in [0.5, 0.6) is 17.2 Å². The van der Waals surface area contributed by atoms with Crippen molar-refractivity contribution in [3.8, 4) is 17.2 Å². The zero-order chi connectivity index (χ0) is 17.9. The fraction of sp³-hybridized carbons (Fsp3) is 0.278. The number of carbonyl (C=O) groups is 1. The lowest BCUT2D eigenvalue weighted by atomic mass is 10.0. The van der Waals surface area contributed by atoms with E-state index in [1.165, 1.54) is 0 Å². The number of aliphatic carboxylic acids is 1. The van der Waals surface area contributed by atoms with Crippen molar-refractivity contribution in [3.05, 3.63) is 48.6 Å². The molecule has 0 aliphatic heterocycles. The van der Waals surface area contributed by atoms with E-state index in [2.05, 4.69) is 59.0 Å². The van der Waals surface area contributed by atoms with Gasteiger partial charge in [-0.05, 0) is 87.0 Å². The van der Waals surface area contributed by atoms with Crippen LogP contribution in [0, 0.1) is 7.14 Å². The molecule has 0 saturated heterocycles. The summed E-state index contributed by atoms with van der Waals surface area (Å²) in [7, 11) is 1.66. The second-order valence-corrected chi connectivity index (χ2v) is 7.94. The van der Waals surface area contributed by atoms with Crippen molar-refractivity contribution >= 4 is 51.2 Å². The fourth-order valence-corrected chi connectivity index (χ4v) is 4.45. The summed E-state index contributed by atoms with van der Waals surface area (Å²) < 4.78 is 13.2. The first-order valence-corrected chi connectivity index (χ1v) is 9.53. The highest BCUT2D eigenvalue weighted by atomic mass is 127. The molecule has 0 bridgehead atoms. The Morgan fingerprint density at radius 3 is 2.29 bits per heavy atom. The van der Waals surface area contributed by atoms with Gasteiger partial charge in [0, 0.05) is 5.56 Å². The third-order valence-corrected chi connectivity index (χ3v) is 5.06. The number of ether oxygens (including phenoxy) is 2. The summed E-state index contributed by atoms with van der Waals surface area (Å²) >= 11 is 4.35. The number of halogens is 2. The third kappa shape index (κ3) is 4.75. The SMILES string of the molecule is COc1ccc(Oc2c(I)cc(CC(=O)O)cc2I)cc1C(C)C. The minimum Gasteiger partial charge on any atom is -0.496 e. The van der Waals surface area contributed by atoms with E-state index >= 15 is 0 Å². The Labute approximate surface area is 168 Å². The van der Waals surface area contributed by atoms with Gasteiger partial charge in [0.25, 0.3) is 0 Å². The van der Waals surface area contributed by atoms with Crippen molar-refractivity contribution in [1.82, 2.24) is 0 Å². The lowest BCUT2D eigenvalue weighted by Crippen LogP contribution is -2.02. The first kappa shape index (κ1) is 19.3. The Kier molecular flexibility index (Phi) is 6.73. The third-order valence-electron chi connectivity index (χ3n) is 3.46. The van der Waals surface area contributed by atoms with E-state index in [4.69, 9.17) is 14.6 Å². The van der Waals surface area contributed by atoms with Crippen LogP contribution in [-0.2, 0) is 11.2 Å². The second-order valence-electron chi connectivity index (χ2n) is 5.62. The van der Waals surface area contributed by atoms with E-state index < -0.39 is 5.97 Å². The molecule has 0 fully saturated rings. The first-order valence-electron chi connectivity index (χ1n) is 7.37. The molecule has 2 rings (SSSR count). The van der Waals surface area contributed by atoms with E-state index in [1.807, 2.05) is 30.3 Å². The summed E-state index contributed by atoms with van der Waals surface area (Å²) in [6, 6.07) is 9.46. The molecule has 0 atom stereocenters. The molecule has 0 saturated carbocycles. The van der Waals surface area contributed by atoms with Gasteiger partial charge in [-0.1, -0.05) is 13.8 Å². The minimum absolute atomic E-state index is 0.00627. The van der Waals surface area contributed by atoms with E-state index in [1.54, 1.807) is 7.11 Å². The Morgan fingerprint density at radius 2 is 1.79 bits per heavy atom. The second kappa shape index (κ2) is 8.37. The van der Waals surface area contributed by atoms with Crippen molar-refractivity contribution in [3.63, 3.8) is 0 Å². The topological polar surface area (TPSA) is 55.8 Å². The van der Waals surface area contributed by atoms with Gasteiger partial charge in [0.2, 0.25) is 0 Å². The van der Waals surface area contributed by atoms with E-state index in [-0.39, 0.29) is 6.42 Å². The monoisotopic (exact) mass is 552 g/mol.